The van der Waals surface area contributed by atoms with Crippen molar-refractivity contribution >= 4 is 5.82 Å². The Hall–Kier alpha value is -1.48. The van der Waals surface area contributed by atoms with Crippen molar-refractivity contribution in [3.63, 3.8) is 0 Å². The van der Waals surface area contributed by atoms with Crippen LogP contribution in [0.5, 0.6) is 0 Å². The Morgan fingerprint density at radius 3 is 2.75 bits per heavy atom. The van der Waals surface area contributed by atoms with Crippen LogP contribution in [0.4, 0.5) is 5.82 Å². The van der Waals surface area contributed by atoms with E-state index in [1.807, 2.05) is 0 Å². The Morgan fingerprint density at radius 2 is 2.25 bits per heavy atom. The van der Waals surface area contributed by atoms with Crippen LogP contribution in [0.1, 0.15) is 13.8 Å². The first-order valence-corrected chi connectivity index (χ1v) is 6.17. The van der Waals surface area contributed by atoms with Gasteiger partial charge in [-0.25, -0.2) is 4.79 Å². The fraction of sp³-hybridized carbons (Fsp3) is 0.667. The number of nitrogens with two attached hydrogens (primary N) is 1. The molecule has 20 heavy (non-hydrogen) atoms. The van der Waals surface area contributed by atoms with E-state index in [1.54, 1.807) is 13.8 Å². The minimum Gasteiger partial charge on any atom is -0.394 e. The van der Waals surface area contributed by atoms with Crippen LogP contribution in [-0.4, -0.2) is 51.3 Å². The molecule has 0 amide bonds. The number of methoxy groups -OCH3 is 1. The lowest BCUT2D eigenvalue weighted by Crippen LogP contribution is -2.58. The average Bonchev–Trinajstić information content (AvgIpc) is 2.61. The SMILES string of the molecule is CO[C@]1(C)[C@H](O)[C@@H](CO)O[C@@]1(C)n1ccc(N)nc1=O. The van der Waals surface area contributed by atoms with Gasteiger partial charge in [-0.3, -0.25) is 4.57 Å². The molecule has 0 radical (unpaired) electrons. The number of nitrogens with zero attached hydrogens (tertiary/aromatic N) is 2. The Labute approximate surface area is 115 Å². The maximum atomic E-state index is 12.0. The van der Waals surface area contributed by atoms with Crippen LogP contribution in [0.3, 0.4) is 0 Å². The van der Waals surface area contributed by atoms with Crippen molar-refractivity contribution < 1.29 is 19.7 Å². The lowest BCUT2D eigenvalue weighted by atomic mass is 9.88. The summed E-state index contributed by atoms with van der Waals surface area (Å²) in [6.45, 7) is 2.80. The summed E-state index contributed by atoms with van der Waals surface area (Å²) < 4.78 is 12.3. The zero-order chi connectivity index (χ0) is 15.1. The van der Waals surface area contributed by atoms with Crippen molar-refractivity contribution in [2.45, 2.75) is 37.4 Å². The Bertz CT molecular complexity index is 562. The highest BCUT2D eigenvalue weighted by atomic mass is 16.6. The van der Waals surface area contributed by atoms with E-state index in [0.717, 1.165) is 0 Å². The van der Waals surface area contributed by atoms with Gasteiger partial charge in [0, 0.05) is 13.3 Å². The molecule has 4 atom stereocenters. The molecule has 0 bridgehead atoms. The maximum Gasteiger partial charge on any atom is 0.351 e. The highest BCUT2D eigenvalue weighted by Crippen LogP contribution is 2.44. The van der Waals surface area contributed by atoms with Crippen LogP contribution in [0.2, 0.25) is 0 Å². The molecule has 1 aliphatic heterocycles. The van der Waals surface area contributed by atoms with Gasteiger partial charge in [0.05, 0.1) is 6.61 Å². The fourth-order valence-corrected chi connectivity index (χ4v) is 2.59. The van der Waals surface area contributed by atoms with Crippen molar-refractivity contribution in [3.8, 4) is 0 Å². The molecule has 2 heterocycles. The largest absolute Gasteiger partial charge is 0.394 e. The Kier molecular flexibility index (Phi) is 3.59. The van der Waals surface area contributed by atoms with Gasteiger partial charge < -0.3 is 25.4 Å². The zero-order valence-electron chi connectivity index (χ0n) is 11.6. The average molecular weight is 285 g/mol. The van der Waals surface area contributed by atoms with E-state index >= 15 is 0 Å². The van der Waals surface area contributed by atoms with Gasteiger partial charge in [0.1, 0.15) is 23.6 Å². The summed E-state index contributed by atoms with van der Waals surface area (Å²) in [6, 6.07) is 1.45. The van der Waals surface area contributed by atoms with Crippen LogP contribution in [0.15, 0.2) is 17.1 Å². The molecule has 0 saturated carbocycles. The molecule has 1 saturated heterocycles. The predicted molar refractivity (Wildman–Crippen MR) is 69.9 cm³/mol. The molecule has 0 aromatic carbocycles. The second kappa shape index (κ2) is 4.81. The summed E-state index contributed by atoms with van der Waals surface area (Å²) in [5.41, 5.74) is 2.28. The summed E-state index contributed by atoms with van der Waals surface area (Å²) in [5, 5.41) is 19.6. The number of aromatic nitrogens is 2. The molecule has 0 aliphatic carbocycles. The summed E-state index contributed by atoms with van der Waals surface area (Å²) in [5.74, 6) is 0.0891. The summed E-state index contributed by atoms with van der Waals surface area (Å²) in [4.78, 5) is 15.7. The maximum absolute atomic E-state index is 12.0. The molecule has 0 unspecified atom stereocenters. The van der Waals surface area contributed by atoms with E-state index in [4.69, 9.17) is 15.2 Å². The first-order valence-electron chi connectivity index (χ1n) is 6.17. The second-order valence-electron chi connectivity index (χ2n) is 5.08. The van der Waals surface area contributed by atoms with E-state index < -0.39 is 35.8 Å². The summed E-state index contributed by atoms with van der Waals surface area (Å²) in [6.07, 6.45) is -0.546. The van der Waals surface area contributed by atoms with Gasteiger partial charge in [-0.1, -0.05) is 0 Å². The van der Waals surface area contributed by atoms with Crippen molar-refractivity contribution in [1.82, 2.24) is 9.55 Å². The molecular weight excluding hydrogens is 266 g/mol. The second-order valence-corrected chi connectivity index (χ2v) is 5.08. The number of aliphatic hydroxyl groups excluding tert-OH is 2. The van der Waals surface area contributed by atoms with Gasteiger partial charge in [0.2, 0.25) is 0 Å². The van der Waals surface area contributed by atoms with Crippen LogP contribution in [-0.2, 0) is 15.2 Å². The summed E-state index contributed by atoms with van der Waals surface area (Å²) >= 11 is 0. The van der Waals surface area contributed by atoms with Gasteiger partial charge in [-0.2, -0.15) is 4.98 Å². The van der Waals surface area contributed by atoms with E-state index in [9.17, 15) is 15.0 Å². The van der Waals surface area contributed by atoms with E-state index in [1.165, 1.54) is 23.9 Å². The monoisotopic (exact) mass is 285 g/mol. The molecule has 8 heteroatoms. The number of hydrogen-bond acceptors (Lipinski definition) is 7. The molecule has 8 nitrogen and oxygen atoms in total. The summed E-state index contributed by atoms with van der Waals surface area (Å²) in [7, 11) is 1.40. The molecule has 1 fully saturated rings. The molecule has 1 aromatic heterocycles. The number of ether oxygens (including phenoxy) is 2. The van der Waals surface area contributed by atoms with E-state index in [2.05, 4.69) is 4.98 Å². The molecule has 112 valence electrons. The molecule has 4 N–H and O–H groups in total. The highest BCUT2D eigenvalue weighted by Gasteiger charge is 2.62. The van der Waals surface area contributed by atoms with Crippen LogP contribution < -0.4 is 11.4 Å². The number of rotatable bonds is 3. The number of hydrogen-bond donors (Lipinski definition) is 3. The molecular formula is C12H19N3O5. The third kappa shape index (κ3) is 1.84. The Balaban J connectivity index is 2.60. The number of aliphatic hydroxyl groups is 2. The van der Waals surface area contributed by atoms with Crippen molar-refractivity contribution in [2.75, 3.05) is 19.5 Å². The van der Waals surface area contributed by atoms with Gasteiger partial charge in [0.25, 0.3) is 0 Å². The van der Waals surface area contributed by atoms with E-state index in [-0.39, 0.29) is 5.82 Å². The minimum atomic E-state index is -1.33. The van der Waals surface area contributed by atoms with Crippen molar-refractivity contribution in [2.24, 2.45) is 0 Å². The minimum absolute atomic E-state index is 0.0891. The van der Waals surface area contributed by atoms with Crippen LogP contribution in [0, 0.1) is 0 Å². The molecule has 0 spiro atoms. The zero-order valence-corrected chi connectivity index (χ0v) is 11.6. The third-order valence-corrected chi connectivity index (χ3v) is 4.11. The lowest BCUT2D eigenvalue weighted by Gasteiger charge is -2.40. The smallest absolute Gasteiger partial charge is 0.351 e. The molecule has 1 aliphatic rings. The van der Waals surface area contributed by atoms with Crippen LogP contribution in [0.25, 0.3) is 0 Å². The van der Waals surface area contributed by atoms with Gasteiger partial charge in [0.15, 0.2) is 5.72 Å². The molecule has 1 aromatic rings. The highest BCUT2D eigenvalue weighted by molar-refractivity contribution is 5.24. The normalized spacial score (nSPS) is 37.2. The number of nitrogen functional groups attached to an aromatic ring is 1. The van der Waals surface area contributed by atoms with E-state index in [0.29, 0.717) is 0 Å². The van der Waals surface area contributed by atoms with Gasteiger partial charge in [-0.15, -0.1) is 0 Å². The first kappa shape index (κ1) is 14.9. The standard InChI is InChI=1S/C12H19N3O5/c1-11(19-3)9(17)7(6-16)20-12(11,2)15-5-4-8(13)14-10(15)18/h4-5,7,9,16-17H,6H2,1-3H3,(H2,13,14,18)/t7-,9-,11-,12-/m1/s1. The fourth-order valence-electron chi connectivity index (χ4n) is 2.59. The molecule has 2 rings (SSSR count). The van der Waals surface area contributed by atoms with Crippen molar-refractivity contribution in [3.05, 3.63) is 22.7 Å². The topological polar surface area (TPSA) is 120 Å². The predicted octanol–water partition coefficient (Wildman–Crippen LogP) is -1.34. The number of anilines is 1. The van der Waals surface area contributed by atoms with Crippen molar-refractivity contribution in [1.29, 1.82) is 0 Å². The first-order chi connectivity index (χ1) is 9.30. The Morgan fingerprint density at radius 1 is 1.60 bits per heavy atom. The van der Waals surface area contributed by atoms with Gasteiger partial charge >= 0.3 is 5.69 Å². The third-order valence-electron chi connectivity index (χ3n) is 4.11. The quantitative estimate of drug-likeness (QED) is 0.628. The van der Waals surface area contributed by atoms with Gasteiger partial charge in [-0.05, 0) is 19.9 Å². The van der Waals surface area contributed by atoms with Crippen LogP contribution >= 0.6 is 0 Å². The lowest BCUT2D eigenvalue weighted by molar-refractivity contribution is -0.191.